The first-order valence-corrected chi connectivity index (χ1v) is 10.6. The Bertz CT molecular complexity index is 754. The fraction of sp³-hybridized carbons (Fsp3) is 0.611. The van der Waals surface area contributed by atoms with Crippen molar-refractivity contribution in [1.82, 2.24) is 4.31 Å². The minimum absolute atomic E-state index is 0.106. The number of fused-ring (bicyclic) bond motifs is 1. The number of rotatable bonds is 3. The zero-order valence-electron chi connectivity index (χ0n) is 15.1. The smallest absolute Gasteiger partial charge is 0.230 e. The Hall–Kier alpha value is -1.60. The molecule has 1 fully saturated rings. The molecule has 138 valence electrons. The van der Waals surface area contributed by atoms with E-state index in [4.69, 9.17) is 4.74 Å². The van der Waals surface area contributed by atoms with E-state index in [0.29, 0.717) is 38.4 Å². The van der Waals surface area contributed by atoms with Crippen LogP contribution in [-0.2, 0) is 21.2 Å². The van der Waals surface area contributed by atoms with Gasteiger partial charge in [0.1, 0.15) is 5.75 Å². The average Bonchev–Trinajstić information content (AvgIpc) is 2.59. The van der Waals surface area contributed by atoms with Crippen molar-refractivity contribution in [3.8, 4) is 5.75 Å². The van der Waals surface area contributed by atoms with Crippen LogP contribution in [0, 0.1) is 11.8 Å². The number of anilines is 1. The highest BCUT2D eigenvalue weighted by Gasteiger charge is 2.34. The van der Waals surface area contributed by atoms with E-state index in [2.05, 4.69) is 6.92 Å². The van der Waals surface area contributed by atoms with Crippen molar-refractivity contribution < 1.29 is 17.9 Å². The number of benzene rings is 1. The Morgan fingerprint density at radius 2 is 1.92 bits per heavy atom. The molecule has 0 radical (unpaired) electrons. The molecule has 1 saturated heterocycles. The molecule has 1 unspecified atom stereocenters. The summed E-state index contributed by atoms with van der Waals surface area (Å²) in [4.78, 5) is 15.0. The minimum atomic E-state index is -3.17. The minimum Gasteiger partial charge on any atom is -0.497 e. The lowest BCUT2D eigenvalue weighted by molar-refractivity contribution is -0.123. The number of amides is 1. The first-order chi connectivity index (χ1) is 11.8. The average molecular weight is 366 g/mol. The molecule has 2 aliphatic heterocycles. The predicted octanol–water partition coefficient (Wildman–Crippen LogP) is 1.89. The lowest BCUT2D eigenvalue weighted by Gasteiger charge is -2.37. The molecule has 3 rings (SSSR count). The number of methoxy groups -OCH3 is 1. The molecule has 25 heavy (non-hydrogen) atoms. The molecule has 0 aromatic heterocycles. The molecule has 0 N–H and O–H groups in total. The maximum absolute atomic E-state index is 13.1. The van der Waals surface area contributed by atoms with Gasteiger partial charge < -0.3 is 9.64 Å². The molecule has 2 aliphatic rings. The van der Waals surface area contributed by atoms with E-state index in [-0.39, 0.29) is 11.8 Å². The van der Waals surface area contributed by atoms with Gasteiger partial charge in [-0.2, -0.15) is 0 Å². The van der Waals surface area contributed by atoms with Gasteiger partial charge in [-0.15, -0.1) is 0 Å². The van der Waals surface area contributed by atoms with Gasteiger partial charge in [-0.05, 0) is 36.8 Å². The van der Waals surface area contributed by atoms with Crippen LogP contribution in [0.4, 0.5) is 5.69 Å². The SMILES string of the molecule is COc1ccc2c(c1)N(C(=O)C1CCN(S(C)(=O)=O)CC1)CC(C)C2. The van der Waals surface area contributed by atoms with Crippen LogP contribution in [0.25, 0.3) is 0 Å². The van der Waals surface area contributed by atoms with Crippen LogP contribution in [0.2, 0.25) is 0 Å². The number of hydrogen-bond acceptors (Lipinski definition) is 4. The van der Waals surface area contributed by atoms with Gasteiger partial charge in [0.15, 0.2) is 0 Å². The molecule has 1 aromatic rings. The van der Waals surface area contributed by atoms with Crippen molar-refractivity contribution in [3.63, 3.8) is 0 Å². The van der Waals surface area contributed by atoms with E-state index >= 15 is 0 Å². The second-order valence-corrected chi connectivity index (χ2v) is 9.17. The van der Waals surface area contributed by atoms with E-state index in [9.17, 15) is 13.2 Å². The van der Waals surface area contributed by atoms with Crippen molar-refractivity contribution >= 4 is 21.6 Å². The highest BCUT2D eigenvalue weighted by atomic mass is 32.2. The zero-order chi connectivity index (χ0) is 18.2. The molecular weight excluding hydrogens is 340 g/mol. The summed E-state index contributed by atoms with van der Waals surface area (Å²) >= 11 is 0. The standard InChI is InChI=1S/C18H26N2O4S/c1-13-10-15-4-5-16(24-2)11-17(15)20(12-13)18(21)14-6-8-19(9-7-14)25(3,22)23/h4-5,11,13-14H,6-10,12H2,1-3H3. The highest BCUT2D eigenvalue weighted by molar-refractivity contribution is 7.88. The molecule has 1 aromatic carbocycles. The van der Waals surface area contributed by atoms with Crippen molar-refractivity contribution in [3.05, 3.63) is 23.8 Å². The summed E-state index contributed by atoms with van der Waals surface area (Å²) in [5.41, 5.74) is 2.11. The van der Waals surface area contributed by atoms with Crippen LogP contribution in [0.5, 0.6) is 5.75 Å². The number of carbonyl (C=O) groups excluding carboxylic acids is 1. The Morgan fingerprint density at radius 3 is 2.52 bits per heavy atom. The zero-order valence-corrected chi connectivity index (χ0v) is 15.9. The van der Waals surface area contributed by atoms with Crippen LogP contribution in [0.1, 0.15) is 25.3 Å². The fourth-order valence-electron chi connectivity index (χ4n) is 3.81. The Labute approximate surface area is 149 Å². The van der Waals surface area contributed by atoms with Crippen LogP contribution in [0.3, 0.4) is 0 Å². The molecule has 1 amide bonds. The summed E-state index contributed by atoms with van der Waals surface area (Å²) < 4.78 is 30.1. The molecule has 0 aliphatic carbocycles. The fourth-order valence-corrected chi connectivity index (χ4v) is 4.68. The molecule has 7 heteroatoms. The Balaban J connectivity index is 1.79. The van der Waals surface area contributed by atoms with Crippen LogP contribution in [0.15, 0.2) is 18.2 Å². The van der Waals surface area contributed by atoms with Gasteiger partial charge in [-0.25, -0.2) is 12.7 Å². The summed E-state index contributed by atoms with van der Waals surface area (Å²) in [7, 11) is -1.55. The number of ether oxygens (including phenoxy) is 1. The van der Waals surface area contributed by atoms with Crippen molar-refractivity contribution in [2.75, 3.05) is 37.9 Å². The predicted molar refractivity (Wildman–Crippen MR) is 97.4 cm³/mol. The third-order valence-corrected chi connectivity index (χ3v) is 6.49. The van der Waals surface area contributed by atoms with Crippen LogP contribution < -0.4 is 9.64 Å². The van der Waals surface area contributed by atoms with Gasteiger partial charge >= 0.3 is 0 Å². The van der Waals surface area contributed by atoms with Crippen LogP contribution >= 0.6 is 0 Å². The van der Waals surface area contributed by atoms with Gasteiger partial charge in [0, 0.05) is 31.6 Å². The molecule has 2 heterocycles. The second kappa shape index (κ2) is 6.96. The molecular formula is C18H26N2O4S. The topological polar surface area (TPSA) is 66.9 Å². The highest BCUT2D eigenvalue weighted by Crippen LogP contribution is 2.35. The van der Waals surface area contributed by atoms with Crippen molar-refractivity contribution in [2.24, 2.45) is 11.8 Å². The van der Waals surface area contributed by atoms with Gasteiger partial charge in [0.05, 0.1) is 19.1 Å². The molecule has 6 nitrogen and oxygen atoms in total. The van der Waals surface area contributed by atoms with Gasteiger partial charge in [-0.3, -0.25) is 4.79 Å². The third kappa shape index (κ3) is 3.82. The van der Waals surface area contributed by atoms with Crippen molar-refractivity contribution in [2.45, 2.75) is 26.2 Å². The van der Waals surface area contributed by atoms with E-state index in [0.717, 1.165) is 17.9 Å². The largest absolute Gasteiger partial charge is 0.497 e. The second-order valence-electron chi connectivity index (χ2n) is 7.19. The monoisotopic (exact) mass is 366 g/mol. The lowest BCUT2D eigenvalue weighted by Crippen LogP contribution is -2.46. The summed E-state index contributed by atoms with van der Waals surface area (Å²) in [6.45, 7) is 3.69. The number of sulfonamides is 1. The molecule has 0 bridgehead atoms. The number of nitrogens with zero attached hydrogens (tertiary/aromatic N) is 2. The van der Waals surface area contributed by atoms with E-state index in [1.165, 1.54) is 16.1 Å². The Kier molecular flexibility index (Phi) is 5.06. The van der Waals surface area contributed by atoms with E-state index in [1.807, 2.05) is 23.1 Å². The number of piperidine rings is 1. The number of hydrogen-bond donors (Lipinski definition) is 0. The molecule has 0 saturated carbocycles. The first-order valence-electron chi connectivity index (χ1n) is 8.73. The van der Waals surface area contributed by atoms with Gasteiger partial charge in [0.2, 0.25) is 15.9 Å². The lowest BCUT2D eigenvalue weighted by atomic mass is 9.90. The Morgan fingerprint density at radius 1 is 1.24 bits per heavy atom. The van der Waals surface area contributed by atoms with Crippen molar-refractivity contribution in [1.29, 1.82) is 0 Å². The summed E-state index contributed by atoms with van der Waals surface area (Å²) in [5.74, 6) is 1.13. The van der Waals surface area contributed by atoms with E-state index < -0.39 is 10.0 Å². The quantitative estimate of drug-likeness (QED) is 0.819. The molecule has 0 spiro atoms. The summed E-state index contributed by atoms with van der Waals surface area (Å²) in [6.07, 6.45) is 3.34. The maximum atomic E-state index is 13.1. The maximum Gasteiger partial charge on any atom is 0.230 e. The van der Waals surface area contributed by atoms with Gasteiger partial charge in [0.25, 0.3) is 0 Å². The normalized spacial score (nSPS) is 22.5. The summed E-state index contributed by atoms with van der Waals surface area (Å²) in [6, 6.07) is 5.91. The van der Waals surface area contributed by atoms with Crippen LogP contribution in [-0.4, -0.2) is 51.6 Å². The summed E-state index contributed by atoms with van der Waals surface area (Å²) in [5, 5.41) is 0. The van der Waals surface area contributed by atoms with Gasteiger partial charge in [-0.1, -0.05) is 13.0 Å². The third-order valence-electron chi connectivity index (χ3n) is 5.18. The van der Waals surface area contributed by atoms with E-state index in [1.54, 1.807) is 7.11 Å². The first kappa shape index (κ1) is 18.2. The molecule has 1 atom stereocenters. The number of carbonyl (C=O) groups is 1.